The first-order valence-electron chi connectivity index (χ1n) is 9.24. The number of anilines is 1. The summed E-state index contributed by atoms with van der Waals surface area (Å²) in [5, 5.41) is 4.42. The molecule has 0 saturated carbocycles. The highest BCUT2D eigenvalue weighted by atomic mass is 32.1. The van der Waals surface area contributed by atoms with E-state index >= 15 is 0 Å². The van der Waals surface area contributed by atoms with Crippen molar-refractivity contribution in [2.45, 2.75) is 20.4 Å². The largest absolute Gasteiger partial charge is 0.454 e. The number of nitrogens with zero attached hydrogens (tertiary/aromatic N) is 2. The lowest BCUT2D eigenvalue weighted by Gasteiger charge is -2.11. The van der Waals surface area contributed by atoms with Crippen molar-refractivity contribution in [1.82, 2.24) is 9.97 Å². The van der Waals surface area contributed by atoms with E-state index in [1.165, 1.54) is 12.1 Å². The molecule has 0 amide bonds. The number of aromatic nitrogens is 2. The molecule has 0 unspecified atom stereocenters. The molecule has 2 aromatic heterocycles. The Balaban J connectivity index is 1.55. The summed E-state index contributed by atoms with van der Waals surface area (Å²) in [5.74, 6) is 2.75. The zero-order chi connectivity index (χ0) is 20.0. The van der Waals surface area contributed by atoms with Crippen LogP contribution in [0.5, 0.6) is 11.5 Å². The Kier molecular flexibility index (Phi) is 4.32. The van der Waals surface area contributed by atoms with Crippen molar-refractivity contribution in [3.05, 3.63) is 64.5 Å². The van der Waals surface area contributed by atoms with E-state index < -0.39 is 0 Å². The normalized spacial score (nSPS) is 12.5. The summed E-state index contributed by atoms with van der Waals surface area (Å²) in [5.41, 5.74) is 3.06. The molecule has 0 aliphatic carbocycles. The van der Waals surface area contributed by atoms with Crippen LogP contribution < -0.4 is 14.8 Å². The van der Waals surface area contributed by atoms with Gasteiger partial charge in [-0.2, -0.15) is 0 Å². The van der Waals surface area contributed by atoms with Crippen LogP contribution in [0.1, 0.15) is 16.3 Å². The number of hydrogen-bond donors (Lipinski definition) is 1. The Morgan fingerprint density at radius 2 is 1.83 bits per heavy atom. The van der Waals surface area contributed by atoms with Gasteiger partial charge in [0.1, 0.15) is 22.3 Å². The molecule has 146 valence electrons. The fraction of sp³-hybridized carbons (Fsp3) is 0.182. The molecule has 0 radical (unpaired) electrons. The number of fused-ring (bicyclic) bond motifs is 2. The third kappa shape index (κ3) is 3.27. The van der Waals surface area contributed by atoms with Gasteiger partial charge in [-0.25, -0.2) is 14.4 Å². The van der Waals surface area contributed by atoms with Crippen LogP contribution in [0.15, 0.2) is 42.5 Å². The second-order valence-electron chi connectivity index (χ2n) is 6.88. The maximum atomic E-state index is 13.4. The molecule has 29 heavy (non-hydrogen) atoms. The van der Waals surface area contributed by atoms with E-state index in [9.17, 15) is 4.39 Å². The van der Waals surface area contributed by atoms with Gasteiger partial charge in [-0.1, -0.05) is 18.2 Å². The van der Waals surface area contributed by atoms with Gasteiger partial charge in [0, 0.05) is 17.0 Å². The first-order valence-corrected chi connectivity index (χ1v) is 10.1. The summed E-state index contributed by atoms with van der Waals surface area (Å²) in [7, 11) is 0. The van der Waals surface area contributed by atoms with Crippen molar-refractivity contribution < 1.29 is 13.9 Å². The average Bonchev–Trinajstić information content (AvgIpc) is 3.30. The van der Waals surface area contributed by atoms with Crippen molar-refractivity contribution in [2.24, 2.45) is 0 Å². The first kappa shape index (κ1) is 17.9. The first-order chi connectivity index (χ1) is 14.1. The Bertz CT molecular complexity index is 1220. The number of halogens is 1. The van der Waals surface area contributed by atoms with Crippen molar-refractivity contribution in [2.75, 3.05) is 12.1 Å². The number of nitrogens with one attached hydrogen (secondary N) is 1. The maximum Gasteiger partial charge on any atom is 0.231 e. The quantitative estimate of drug-likeness (QED) is 0.487. The fourth-order valence-electron chi connectivity index (χ4n) is 3.55. The molecule has 4 aromatic rings. The van der Waals surface area contributed by atoms with E-state index in [0.717, 1.165) is 49.1 Å². The molecule has 0 spiro atoms. The molecule has 1 N–H and O–H groups in total. The summed E-state index contributed by atoms with van der Waals surface area (Å²) < 4.78 is 24.3. The van der Waals surface area contributed by atoms with E-state index in [-0.39, 0.29) is 12.6 Å². The third-order valence-corrected chi connectivity index (χ3v) is 5.87. The molecule has 2 aromatic carbocycles. The summed E-state index contributed by atoms with van der Waals surface area (Å²) in [6.45, 7) is 4.78. The summed E-state index contributed by atoms with van der Waals surface area (Å²) in [4.78, 5) is 11.3. The van der Waals surface area contributed by atoms with Crippen LogP contribution >= 0.6 is 11.3 Å². The fourth-order valence-corrected chi connectivity index (χ4v) is 4.64. The number of rotatable bonds is 4. The third-order valence-electron chi connectivity index (χ3n) is 4.87. The summed E-state index contributed by atoms with van der Waals surface area (Å²) >= 11 is 1.62. The molecular formula is C22H18FN3O2S. The lowest BCUT2D eigenvalue weighted by Crippen LogP contribution is -2.04. The second kappa shape index (κ2) is 7.00. The zero-order valence-electron chi connectivity index (χ0n) is 16.0. The smallest absolute Gasteiger partial charge is 0.231 e. The van der Waals surface area contributed by atoms with Crippen molar-refractivity contribution in [3.8, 4) is 22.6 Å². The highest BCUT2D eigenvalue weighted by Gasteiger charge is 2.18. The molecular weight excluding hydrogens is 389 g/mol. The molecule has 5 nitrogen and oxygen atoms in total. The second-order valence-corrected chi connectivity index (χ2v) is 8.08. The number of aryl methyl sites for hydroxylation is 2. The zero-order valence-corrected chi connectivity index (χ0v) is 16.8. The number of thiophene rings is 1. The van der Waals surface area contributed by atoms with Crippen molar-refractivity contribution in [3.63, 3.8) is 0 Å². The molecule has 7 heteroatoms. The molecule has 0 fully saturated rings. The van der Waals surface area contributed by atoms with Crippen LogP contribution in [0.4, 0.5) is 10.2 Å². The van der Waals surface area contributed by atoms with Gasteiger partial charge >= 0.3 is 0 Å². The predicted molar refractivity (Wildman–Crippen MR) is 112 cm³/mol. The van der Waals surface area contributed by atoms with Gasteiger partial charge in [0.25, 0.3) is 0 Å². The van der Waals surface area contributed by atoms with Crippen LogP contribution in [-0.2, 0) is 6.54 Å². The standard InChI is InChI=1S/C22H18FN3O2S/c1-12-19(15-4-6-16(23)7-5-15)20-21(25-13(2)26-22(20)29-12)24-10-14-3-8-17-18(9-14)28-11-27-17/h3-9H,10-11H2,1-2H3,(H,24,25,26). The van der Waals surface area contributed by atoms with Crippen molar-refractivity contribution in [1.29, 1.82) is 0 Å². The molecule has 0 bridgehead atoms. The van der Waals surface area contributed by atoms with Crippen LogP contribution in [0.25, 0.3) is 21.3 Å². The van der Waals surface area contributed by atoms with Crippen LogP contribution in [0.3, 0.4) is 0 Å². The van der Waals surface area contributed by atoms with Crippen LogP contribution in [0.2, 0.25) is 0 Å². The van der Waals surface area contributed by atoms with Gasteiger partial charge in [0.05, 0.1) is 5.39 Å². The summed E-state index contributed by atoms with van der Waals surface area (Å²) in [6.07, 6.45) is 0. The minimum absolute atomic E-state index is 0.251. The van der Waals surface area contributed by atoms with Gasteiger partial charge in [-0.15, -0.1) is 11.3 Å². The molecule has 1 aliphatic rings. The lowest BCUT2D eigenvalue weighted by atomic mass is 10.0. The Morgan fingerprint density at radius 1 is 1.03 bits per heavy atom. The van der Waals surface area contributed by atoms with E-state index in [1.54, 1.807) is 23.5 Å². The van der Waals surface area contributed by atoms with E-state index in [2.05, 4.69) is 22.2 Å². The summed E-state index contributed by atoms with van der Waals surface area (Å²) in [6, 6.07) is 12.4. The topological polar surface area (TPSA) is 56.3 Å². The number of ether oxygens (including phenoxy) is 2. The molecule has 3 heterocycles. The average molecular weight is 407 g/mol. The van der Waals surface area contributed by atoms with Gasteiger partial charge in [-0.05, 0) is 49.2 Å². The monoisotopic (exact) mass is 407 g/mol. The molecule has 1 aliphatic heterocycles. The molecule has 0 atom stereocenters. The Labute approximate surface area is 171 Å². The number of benzene rings is 2. The van der Waals surface area contributed by atoms with Gasteiger partial charge < -0.3 is 14.8 Å². The molecule has 5 rings (SSSR count). The predicted octanol–water partition coefficient (Wildman–Crippen LogP) is 5.46. The van der Waals surface area contributed by atoms with E-state index in [1.807, 2.05) is 25.1 Å². The minimum Gasteiger partial charge on any atom is -0.454 e. The van der Waals surface area contributed by atoms with Gasteiger partial charge in [0.15, 0.2) is 11.5 Å². The highest BCUT2D eigenvalue weighted by Crippen LogP contribution is 2.41. The number of hydrogen-bond acceptors (Lipinski definition) is 6. The van der Waals surface area contributed by atoms with Crippen LogP contribution in [-0.4, -0.2) is 16.8 Å². The lowest BCUT2D eigenvalue weighted by molar-refractivity contribution is 0.174. The van der Waals surface area contributed by atoms with Crippen LogP contribution in [0, 0.1) is 19.7 Å². The van der Waals surface area contributed by atoms with E-state index in [4.69, 9.17) is 9.47 Å². The minimum atomic E-state index is -0.251. The Morgan fingerprint density at radius 3 is 2.66 bits per heavy atom. The van der Waals surface area contributed by atoms with E-state index in [0.29, 0.717) is 12.4 Å². The SMILES string of the molecule is Cc1nc(NCc2ccc3c(c2)OCO3)c2c(-c3ccc(F)cc3)c(C)sc2n1. The highest BCUT2D eigenvalue weighted by molar-refractivity contribution is 7.19. The molecule has 0 saturated heterocycles. The Hall–Kier alpha value is -3.19. The van der Waals surface area contributed by atoms with Gasteiger partial charge in [0.2, 0.25) is 6.79 Å². The van der Waals surface area contributed by atoms with Crippen molar-refractivity contribution >= 4 is 27.4 Å². The van der Waals surface area contributed by atoms with Gasteiger partial charge in [-0.3, -0.25) is 0 Å². The maximum absolute atomic E-state index is 13.4.